The van der Waals surface area contributed by atoms with E-state index in [9.17, 15) is 0 Å². The Kier molecular flexibility index (Phi) is 5.72. The minimum Gasteiger partial charge on any atom is -0.339 e. The number of hydrogen-bond acceptors (Lipinski definition) is 1. The molecule has 0 radical (unpaired) electrons. The minimum atomic E-state index is 0.740. The summed E-state index contributed by atoms with van der Waals surface area (Å²) in [5.74, 6) is 0. The van der Waals surface area contributed by atoms with E-state index in [1.807, 2.05) is 6.08 Å². The summed E-state index contributed by atoms with van der Waals surface area (Å²) in [6, 6.07) is 17.2. The first-order chi connectivity index (χ1) is 12.7. The third-order valence-corrected chi connectivity index (χ3v) is 5.08. The molecule has 0 aliphatic carbocycles. The Morgan fingerprint density at radius 1 is 1.08 bits per heavy atom. The van der Waals surface area contributed by atoms with Crippen LogP contribution >= 0.6 is 0 Å². The fourth-order valence-corrected chi connectivity index (χ4v) is 3.81. The van der Waals surface area contributed by atoms with Gasteiger partial charge in [0.2, 0.25) is 0 Å². The first-order valence-corrected chi connectivity index (χ1v) is 9.56. The molecule has 0 saturated carbocycles. The molecule has 26 heavy (non-hydrogen) atoms. The normalized spacial score (nSPS) is 11.0. The predicted octanol–water partition coefficient (Wildman–Crippen LogP) is 6.15. The van der Waals surface area contributed by atoms with Gasteiger partial charge in [0.05, 0.1) is 0 Å². The van der Waals surface area contributed by atoms with Crippen LogP contribution in [0.4, 0.5) is 0 Å². The van der Waals surface area contributed by atoms with Gasteiger partial charge in [0, 0.05) is 34.4 Å². The molecule has 2 nitrogen and oxygen atoms in total. The molecule has 0 saturated heterocycles. The van der Waals surface area contributed by atoms with Crippen LogP contribution in [0, 0.1) is 5.41 Å². The number of nitrogens with zero attached hydrogens (tertiary/aromatic N) is 1. The lowest BCUT2D eigenvalue weighted by atomic mass is 9.97. The molecule has 1 N–H and O–H groups in total. The van der Waals surface area contributed by atoms with Crippen molar-refractivity contribution in [1.82, 2.24) is 4.57 Å². The van der Waals surface area contributed by atoms with Crippen LogP contribution < -0.4 is 0 Å². The summed E-state index contributed by atoms with van der Waals surface area (Å²) in [7, 11) is 0. The minimum absolute atomic E-state index is 0.740. The fraction of sp³-hybridized carbons (Fsp3) is 0.292. The molecular weight excluding hydrogens is 316 g/mol. The van der Waals surface area contributed by atoms with E-state index in [1.54, 1.807) is 0 Å². The van der Waals surface area contributed by atoms with Crippen LogP contribution in [0.25, 0.3) is 10.9 Å². The van der Waals surface area contributed by atoms with Crippen molar-refractivity contribution < 1.29 is 0 Å². The summed E-state index contributed by atoms with van der Waals surface area (Å²) in [6.45, 7) is 9.00. The average molecular weight is 345 g/mol. The van der Waals surface area contributed by atoms with Crippen LogP contribution in [-0.4, -0.2) is 10.3 Å². The summed E-state index contributed by atoms with van der Waals surface area (Å²) in [5.41, 5.74) is 7.05. The van der Waals surface area contributed by atoms with Gasteiger partial charge in [-0.1, -0.05) is 62.4 Å². The molecule has 0 unspecified atom stereocenters. The molecule has 0 aliphatic rings. The Balaban J connectivity index is 2.26. The van der Waals surface area contributed by atoms with Crippen LogP contribution in [0.1, 0.15) is 49.1 Å². The van der Waals surface area contributed by atoms with Gasteiger partial charge in [0.25, 0.3) is 0 Å². The number of aromatic nitrogens is 1. The molecule has 3 rings (SSSR count). The lowest BCUT2D eigenvalue weighted by Crippen LogP contribution is -2.07. The lowest BCUT2D eigenvalue weighted by Gasteiger charge is -2.11. The van der Waals surface area contributed by atoms with Crippen LogP contribution in [-0.2, 0) is 19.4 Å². The molecule has 0 atom stereocenters. The van der Waals surface area contributed by atoms with Crippen molar-refractivity contribution >= 4 is 16.6 Å². The Bertz CT molecular complexity index is 916. The SMILES string of the molecule is C=CCCc1cccc2c1c(C(=N)CC)c(CC)n2Cc1ccccc1. The number of nitrogens with one attached hydrogen (secondary N) is 1. The van der Waals surface area contributed by atoms with Crippen molar-refractivity contribution in [3.8, 4) is 0 Å². The molecule has 0 fully saturated rings. The van der Waals surface area contributed by atoms with Crippen LogP contribution in [0.15, 0.2) is 61.2 Å². The molecular formula is C24H28N2. The maximum Gasteiger partial charge on any atom is 0.0495 e. The quantitative estimate of drug-likeness (QED) is 0.375. The summed E-state index contributed by atoms with van der Waals surface area (Å²) in [6.07, 6.45) is 5.60. The zero-order valence-electron chi connectivity index (χ0n) is 15.9. The number of rotatable bonds is 8. The summed E-state index contributed by atoms with van der Waals surface area (Å²) < 4.78 is 2.42. The zero-order valence-corrected chi connectivity index (χ0v) is 15.9. The molecule has 1 heterocycles. The van der Waals surface area contributed by atoms with E-state index >= 15 is 0 Å². The van der Waals surface area contributed by atoms with E-state index in [4.69, 9.17) is 5.41 Å². The molecule has 3 aromatic rings. The third kappa shape index (κ3) is 3.37. The van der Waals surface area contributed by atoms with Gasteiger partial charge in [0.15, 0.2) is 0 Å². The Hall–Kier alpha value is -2.61. The van der Waals surface area contributed by atoms with Gasteiger partial charge in [-0.25, -0.2) is 0 Å². The average Bonchev–Trinajstić information content (AvgIpc) is 3.00. The number of aryl methyl sites for hydroxylation is 1. The monoisotopic (exact) mass is 344 g/mol. The Morgan fingerprint density at radius 3 is 2.50 bits per heavy atom. The maximum absolute atomic E-state index is 8.64. The molecule has 134 valence electrons. The van der Waals surface area contributed by atoms with Gasteiger partial charge in [0.1, 0.15) is 0 Å². The fourth-order valence-electron chi connectivity index (χ4n) is 3.81. The van der Waals surface area contributed by atoms with E-state index in [2.05, 4.69) is 73.5 Å². The number of hydrogen-bond donors (Lipinski definition) is 1. The first kappa shape index (κ1) is 18.2. The topological polar surface area (TPSA) is 28.8 Å². The van der Waals surface area contributed by atoms with E-state index in [0.717, 1.165) is 43.5 Å². The van der Waals surface area contributed by atoms with E-state index < -0.39 is 0 Å². The van der Waals surface area contributed by atoms with Crippen molar-refractivity contribution in [2.75, 3.05) is 0 Å². The Labute approximate surface area is 156 Å². The van der Waals surface area contributed by atoms with Gasteiger partial charge in [-0.05, 0) is 42.9 Å². The van der Waals surface area contributed by atoms with Crippen molar-refractivity contribution in [3.05, 3.63) is 83.6 Å². The zero-order chi connectivity index (χ0) is 18.5. The molecule has 2 heteroatoms. The number of allylic oxidation sites excluding steroid dienone is 1. The highest BCUT2D eigenvalue weighted by Crippen LogP contribution is 2.32. The predicted molar refractivity (Wildman–Crippen MR) is 112 cm³/mol. The first-order valence-electron chi connectivity index (χ1n) is 9.56. The largest absolute Gasteiger partial charge is 0.339 e. The van der Waals surface area contributed by atoms with Gasteiger partial charge in [-0.15, -0.1) is 6.58 Å². The van der Waals surface area contributed by atoms with Crippen LogP contribution in [0.3, 0.4) is 0 Å². The van der Waals surface area contributed by atoms with E-state index in [0.29, 0.717) is 0 Å². The van der Waals surface area contributed by atoms with Crippen molar-refractivity contribution in [2.24, 2.45) is 0 Å². The van der Waals surface area contributed by atoms with E-state index in [-0.39, 0.29) is 0 Å². The molecule has 0 bridgehead atoms. The molecule has 0 aliphatic heterocycles. The second kappa shape index (κ2) is 8.18. The highest BCUT2D eigenvalue weighted by Gasteiger charge is 2.20. The van der Waals surface area contributed by atoms with Gasteiger partial charge in [-0.3, -0.25) is 0 Å². The lowest BCUT2D eigenvalue weighted by molar-refractivity contribution is 0.774. The second-order valence-electron chi connectivity index (χ2n) is 6.72. The highest BCUT2D eigenvalue weighted by atomic mass is 15.0. The van der Waals surface area contributed by atoms with Crippen molar-refractivity contribution in [2.45, 2.75) is 46.1 Å². The molecule has 2 aromatic carbocycles. The maximum atomic E-state index is 8.64. The van der Waals surface area contributed by atoms with Gasteiger partial charge < -0.3 is 9.98 Å². The molecule has 0 amide bonds. The summed E-state index contributed by atoms with van der Waals surface area (Å²) >= 11 is 0. The second-order valence-corrected chi connectivity index (χ2v) is 6.72. The number of benzene rings is 2. The van der Waals surface area contributed by atoms with Gasteiger partial charge >= 0.3 is 0 Å². The highest BCUT2D eigenvalue weighted by molar-refractivity contribution is 6.11. The smallest absolute Gasteiger partial charge is 0.0495 e. The summed E-state index contributed by atoms with van der Waals surface area (Å²) in [4.78, 5) is 0. The third-order valence-electron chi connectivity index (χ3n) is 5.08. The van der Waals surface area contributed by atoms with Gasteiger partial charge in [-0.2, -0.15) is 0 Å². The van der Waals surface area contributed by atoms with Crippen LogP contribution in [0.5, 0.6) is 0 Å². The number of fused-ring (bicyclic) bond motifs is 1. The van der Waals surface area contributed by atoms with Crippen molar-refractivity contribution in [1.29, 1.82) is 5.41 Å². The molecule has 0 spiro atoms. The molecule has 1 aromatic heterocycles. The van der Waals surface area contributed by atoms with Crippen LogP contribution in [0.2, 0.25) is 0 Å². The standard InChI is InChI=1S/C24H28N2/c1-4-7-14-19-15-11-16-22-23(19)24(20(25)5-2)21(6-3)26(22)17-18-12-9-8-10-13-18/h4,8-13,15-16,25H,1,5-7,14,17H2,2-3H3. The van der Waals surface area contributed by atoms with E-state index in [1.165, 1.54) is 27.7 Å². The summed E-state index contributed by atoms with van der Waals surface area (Å²) in [5, 5.41) is 9.91. The Morgan fingerprint density at radius 2 is 1.85 bits per heavy atom. The van der Waals surface area contributed by atoms with Crippen molar-refractivity contribution in [3.63, 3.8) is 0 Å².